The number of Topliss-reactive ketones (excluding diaryl/α,β-unsaturated/α-hetero) is 2. The van der Waals surface area contributed by atoms with Crippen molar-refractivity contribution in [2.24, 2.45) is 11.3 Å². The molecule has 2 aliphatic heterocycles. The van der Waals surface area contributed by atoms with Crippen molar-refractivity contribution in [1.29, 1.82) is 0 Å². The van der Waals surface area contributed by atoms with Crippen LogP contribution in [0.15, 0.2) is 0 Å². The van der Waals surface area contributed by atoms with Crippen LogP contribution in [0.3, 0.4) is 0 Å². The molecular weight excluding hydrogens is 304 g/mol. The molecule has 2 fully saturated rings. The Kier molecular flexibility index (Phi) is 7.31. The zero-order valence-electron chi connectivity index (χ0n) is 13.8. The van der Waals surface area contributed by atoms with E-state index in [1.165, 1.54) is 0 Å². The maximum Gasteiger partial charge on any atom is 0.320 e. The lowest BCUT2D eigenvalue weighted by atomic mass is 9.89. The summed E-state index contributed by atoms with van der Waals surface area (Å²) in [7, 11) is 0. The fourth-order valence-electron chi connectivity index (χ4n) is 2.23. The minimum atomic E-state index is -0.948. The fraction of sp³-hybridized carbons (Fsp3) is 0.733. The fourth-order valence-corrected chi connectivity index (χ4v) is 2.23. The van der Waals surface area contributed by atoms with Crippen LogP contribution in [0, 0.1) is 11.3 Å². The highest BCUT2D eigenvalue weighted by Crippen LogP contribution is 2.22. The lowest BCUT2D eigenvalue weighted by Gasteiger charge is -2.17. The van der Waals surface area contributed by atoms with Crippen molar-refractivity contribution in [2.75, 3.05) is 39.4 Å². The van der Waals surface area contributed by atoms with Crippen LogP contribution in [-0.2, 0) is 28.7 Å². The molecule has 0 aliphatic carbocycles. The summed E-state index contributed by atoms with van der Waals surface area (Å²) in [6, 6.07) is 0. The van der Waals surface area contributed by atoms with Gasteiger partial charge in [-0.05, 0) is 20.8 Å². The number of hydrogen-bond donors (Lipinski definition) is 2. The predicted octanol–water partition coefficient (Wildman–Crippen LogP) is -0.934. The van der Waals surface area contributed by atoms with Gasteiger partial charge >= 0.3 is 11.9 Å². The lowest BCUT2D eigenvalue weighted by Crippen LogP contribution is -2.37. The van der Waals surface area contributed by atoms with Gasteiger partial charge in [-0.3, -0.25) is 19.2 Å². The third kappa shape index (κ3) is 4.84. The average Bonchev–Trinajstić information content (AvgIpc) is 3.08. The van der Waals surface area contributed by atoms with Crippen LogP contribution >= 0.6 is 0 Å². The molecule has 8 nitrogen and oxygen atoms in total. The molecule has 0 amide bonds. The van der Waals surface area contributed by atoms with Gasteiger partial charge in [0, 0.05) is 13.1 Å². The molecule has 130 valence electrons. The molecular formula is C15H24N2O6. The highest BCUT2D eigenvalue weighted by Gasteiger charge is 2.45. The Morgan fingerprint density at radius 3 is 2.22 bits per heavy atom. The highest BCUT2D eigenvalue weighted by molar-refractivity contribution is 6.06. The monoisotopic (exact) mass is 328 g/mol. The van der Waals surface area contributed by atoms with Crippen LogP contribution in [0.2, 0.25) is 0 Å². The van der Waals surface area contributed by atoms with E-state index in [9.17, 15) is 19.2 Å². The van der Waals surface area contributed by atoms with Gasteiger partial charge in [0.05, 0.1) is 26.3 Å². The summed E-state index contributed by atoms with van der Waals surface area (Å²) in [4.78, 5) is 44.4. The summed E-state index contributed by atoms with van der Waals surface area (Å²) in [6.45, 7) is 7.12. The number of carbonyl (C=O) groups excluding carboxylic acids is 4. The van der Waals surface area contributed by atoms with E-state index in [1.807, 2.05) is 0 Å². The molecule has 0 aromatic carbocycles. The number of ketones is 2. The van der Waals surface area contributed by atoms with Crippen molar-refractivity contribution in [3.05, 3.63) is 0 Å². The van der Waals surface area contributed by atoms with Gasteiger partial charge in [0.1, 0.15) is 11.3 Å². The Balaban J connectivity index is 0.000000231. The number of hydrogen-bond acceptors (Lipinski definition) is 8. The minimum absolute atomic E-state index is 0.0662. The molecule has 0 radical (unpaired) electrons. The molecule has 0 aromatic heterocycles. The quantitative estimate of drug-likeness (QED) is 0.503. The molecule has 2 aliphatic rings. The first-order chi connectivity index (χ1) is 10.9. The number of ether oxygens (including phenoxy) is 2. The second kappa shape index (κ2) is 8.73. The van der Waals surface area contributed by atoms with Crippen LogP contribution in [0.5, 0.6) is 0 Å². The average molecular weight is 328 g/mol. The van der Waals surface area contributed by atoms with Crippen LogP contribution in [-0.4, -0.2) is 62.9 Å². The topological polar surface area (TPSA) is 111 Å². The van der Waals surface area contributed by atoms with E-state index < -0.39 is 23.3 Å². The Morgan fingerprint density at radius 2 is 1.78 bits per heavy atom. The zero-order valence-corrected chi connectivity index (χ0v) is 13.8. The maximum atomic E-state index is 11.3. The SMILES string of the molecule is CCOC(=O)C1(C)CNCC1=O.CCOC(=O)C1CNCC1=O. The molecule has 2 heterocycles. The van der Waals surface area contributed by atoms with Gasteiger partial charge in [0.15, 0.2) is 11.6 Å². The largest absolute Gasteiger partial charge is 0.465 e. The van der Waals surface area contributed by atoms with Gasteiger partial charge < -0.3 is 20.1 Å². The molecule has 23 heavy (non-hydrogen) atoms. The molecule has 0 saturated carbocycles. The lowest BCUT2D eigenvalue weighted by molar-refractivity contribution is -0.156. The number of carbonyl (C=O) groups is 4. The van der Waals surface area contributed by atoms with E-state index in [0.717, 1.165) is 0 Å². The van der Waals surface area contributed by atoms with Crippen molar-refractivity contribution in [1.82, 2.24) is 10.6 Å². The summed E-state index contributed by atoms with van der Waals surface area (Å²) in [5.41, 5.74) is -0.948. The van der Waals surface area contributed by atoms with Crippen LogP contribution in [0.25, 0.3) is 0 Å². The minimum Gasteiger partial charge on any atom is -0.465 e. The third-order valence-corrected chi connectivity index (χ3v) is 3.71. The first kappa shape index (κ1) is 19.2. The predicted molar refractivity (Wildman–Crippen MR) is 80.6 cm³/mol. The van der Waals surface area contributed by atoms with E-state index in [1.54, 1.807) is 20.8 Å². The van der Waals surface area contributed by atoms with E-state index in [0.29, 0.717) is 32.8 Å². The van der Waals surface area contributed by atoms with Crippen LogP contribution < -0.4 is 10.6 Å². The van der Waals surface area contributed by atoms with E-state index in [2.05, 4.69) is 10.6 Å². The number of nitrogens with one attached hydrogen (secondary N) is 2. The Labute approximate surface area is 135 Å². The zero-order chi connectivity index (χ0) is 17.5. The van der Waals surface area contributed by atoms with E-state index in [-0.39, 0.29) is 18.1 Å². The summed E-state index contributed by atoms with van der Waals surface area (Å²) < 4.78 is 9.50. The van der Waals surface area contributed by atoms with Gasteiger partial charge in [0.2, 0.25) is 0 Å². The van der Waals surface area contributed by atoms with Crippen molar-refractivity contribution < 1.29 is 28.7 Å². The first-order valence-corrected chi connectivity index (χ1v) is 7.68. The summed E-state index contributed by atoms with van der Waals surface area (Å²) >= 11 is 0. The molecule has 2 atom stereocenters. The van der Waals surface area contributed by atoms with Gasteiger partial charge in [-0.1, -0.05) is 0 Å². The van der Waals surface area contributed by atoms with Gasteiger partial charge in [-0.25, -0.2) is 0 Å². The summed E-state index contributed by atoms with van der Waals surface area (Å²) in [6.07, 6.45) is 0. The maximum absolute atomic E-state index is 11.3. The van der Waals surface area contributed by atoms with E-state index >= 15 is 0 Å². The number of esters is 2. The summed E-state index contributed by atoms with van der Waals surface area (Å²) in [5.74, 6) is -1.53. The molecule has 0 aromatic rings. The molecule has 2 rings (SSSR count). The van der Waals surface area contributed by atoms with Crippen molar-refractivity contribution in [2.45, 2.75) is 20.8 Å². The third-order valence-electron chi connectivity index (χ3n) is 3.71. The second-order valence-electron chi connectivity index (χ2n) is 5.48. The standard InChI is InChI=1S/C8H13NO3.C7H11NO3/c1-3-12-7(11)8(2)5-9-4-6(8)10;1-2-11-7(10)5-3-8-4-6(5)9/h9H,3-5H2,1-2H3;5,8H,2-4H2,1H3. The van der Waals surface area contributed by atoms with E-state index in [4.69, 9.17) is 9.47 Å². The second-order valence-corrected chi connectivity index (χ2v) is 5.48. The van der Waals surface area contributed by atoms with Gasteiger partial charge in [0.25, 0.3) is 0 Å². The Hall–Kier alpha value is -1.80. The van der Waals surface area contributed by atoms with Crippen LogP contribution in [0.1, 0.15) is 20.8 Å². The highest BCUT2D eigenvalue weighted by atomic mass is 16.5. The molecule has 2 N–H and O–H groups in total. The van der Waals surface area contributed by atoms with Gasteiger partial charge in [-0.15, -0.1) is 0 Å². The Morgan fingerprint density at radius 1 is 1.13 bits per heavy atom. The smallest absolute Gasteiger partial charge is 0.320 e. The first-order valence-electron chi connectivity index (χ1n) is 7.68. The molecule has 2 saturated heterocycles. The summed E-state index contributed by atoms with van der Waals surface area (Å²) in [5, 5.41) is 5.66. The molecule has 2 unspecified atom stereocenters. The van der Waals surface area contributed by atoms with Crippen molar-refractivity contribution in [3.63, 3.8) is 0 Å². The van der Waals surface area contributed by atoms with Gasteiger partial charge in [-0.2, -0.15) is 0 Å². The Bertz CT molecular complexity index is 479. The normalized spacial score (nSPS) is 26.5. The van der Waals surface area contributed by atoms with Crippen molar-refractivity contribution in [3.8, 4) is 0 Å². The molecule has 0 bridgehead atoms. The molecule has 8 heteroatoms. The molecule has 0 spiro atoms. The number of rotatable bonds is 4. The van der Waals surface area contributed by atoms with Crippen LogP contribution in [0.4, 0.5) is 0 Å². The van der Waals surface area contributed by atoms with Crippen molar-refractivity contribution >= 4 is 23.5 Å².